The molecule has 10 N–H and O–H groups in total. The second-order valence-electron chi connectivity index (χ2n) is 9.00. The largest absolute Gasteiger partial charge is 0.508 e. The van der Waals surface area contributed by atoms with Crippen LogP contribution in [0, 0.1) is 0 Å². The highest BCUT2D eigenvalue weighted by atomic mass is 16.4. The molecule has 4 atom stereocenters. The predicted molar refractivity (Wildman–Crippen MR) is 133 cm³/mol. The lowest BCUT2D eigenvalue weighted by Crippen LogP contribution is -2.58. The molecule has 4 amide bonds. The first-order valence-corrected chi connectivity index (χ1v) is 12.2. The summed E-state index contributed by atoms with van der Waals surface area (Å²) in [4.78, 5) is 62.1. The van der Waals surface area contributed by atoms with Crippen LogP contribution in [0.4, 0.5) is 0 Å². The molecule has 1 aromatic carbocycles. The van der Waals surface area contributed by atoms with E-state index >= 15 is 0 Å². The van der Waals surface area contributed by atoms with E-state index in [1.54, 1.807) is 12.1 Å². The van der Waals surface area contributed by atoms with E-state index in [1.165, 1.54) is 12.1 Å². The van der Waals surface area contributed by atoms with Gasteiger partial charge in [0.15, 0.2) is 0 Å². The van der Waals surface area contributed by atoms with E-state index in [4.69, 9.17) is 11.5 Å². The SMILES string of the molecule is NCCCCC(NC(=O)C(Cc1ccc(O)cc1)NC(=O)C(CC(N)=O)NC(=O)C1CCCN1)C(=O)O. The van der Waals surface area contributed by atoms with Gasteiger partial charge in [-0.3, -0.25) is 19.2 Å². The summed E-state index contributed by atoms with van der Waals surface area (Å²) in [6, 6.07) is 1.62. The monoisotopic (exact) mass is 520 g/mol. The molecule has 0 aliphatic carbocycles. The van der Waals surface area contributed by atoms with Crippen molar-refractivity contribution in [2.75, 3.05) is 13.1 Å². The van der Waals surface area contributed by atoms with E-state index in [0.29, 0.717) is 37.9 Å². The Bertz CT molecular complexity index is 949. The lowest BCUT2D eigenvalue weighted by atomic mass is 10.0. The van der Waals surface area contributed by atoms with Crippen LogP contribution in [0.5, 0.6) is 5.75 Å². The molecule has 0 spiro atoms. The molecule has 1 heterocycles. The molecule has 0 aromatic heterocycles. The fraction of sp³-hybridized carbons (Fsp3) is 0.542. The van der Waals surface area contributed by atoms with Gasteiger partial charge in [-0.05, 0) is 62.9 Å². The van der Waals surface area contributed by atoms with Crippen molar-refractivity contribution < 1.29 is 34.2 Å². The van der Waals surface area contributed by atoms with Crippen LogP contribution in [0.25, 0.3) is 0 Å². The molecule has 0 radical (unpaired) electrons. The van der Waals surface area contributed by atoms with E-state index in [9.17, 15) is 34.2 Å². The highest BCUT2D eigenvalue weighted by Crippen LogP contribution is 2.13. The van der Waals surface area contributed by atoms with Crippen LogP contribution in [-0.2, 0) is 30.4 Å². The number of hydrogen-bond acceptors (Lipinski definition) is 8. The van der Waals surface area contributed by atoms with Gasteiger partial charge in [-0.25, -0.2) is 4.79 Å². The number of rotatable bonds is 15. The molecule has 37 heavy (non-hydrogen) atoms. The molecule has 1 aliphatic rings. The summed E-state index contributed by atoms with van der Waals surface area (Å²) in [7, 11) is 0. The second-order valence-corrected chi connectivity index (χ2v) is 9.00. The Balaban J connectivity index is 2.20. The normalized spacial score (nSPS) is 17.3. The van der Waals surface area contributed by atoms with Crippen molar-refractivity contribution in [3.63, 3.8) is 0 Å². The predicted octanol–water partition coefficient (Wildman–Crippen LogP) is -1.77. The molecule has 1 saturated heterocycles. The Hall–Kier alpha value is -3.71. The first kappa shape index (κ1) is 29.5. The van der Waals surface area contributed by atoms with Crippen LogP contribution < -0.4 is 32.7 Å². The molecule has 4 unspecified atom stereocenters. The van der Waals surface area contributed by atoms with Crippen LogP contribution >= 0.6 is 0 Å². The number of carbonyl (C=O) groups is 5. The van der Waals surface area contributed by atoms with Crippen LogP contribution in [0.1, 0.15) is 44.1 Å². The highest BCUT2D eigenvalue weighted by molar-refractivity contribution is 5.96. The second kappa shape index (κ2) is 14.8. The summed E-state index contributed by atoms with van der Waals surface area (Å²) < 4.78 is 0. The number of aliphatic carboxylic acids is 1. The number of primary amides is 1. The van der Waals surface area contributed by atoms with Gasteiger partial charge in [-0.2, -0.15) is 0 Å². The maximum atomic E-state index is 13.1. The number of hydrogen-bond donors (Lipinski definition) is 8. The van der Waals surface area contributed by atoms with Crippen molar-refractivity contribution in [3.05, 3.63) is 29.8 Å². The average Bonchev–Trinajstić information content (AvgIpc) is 3.38. The number of phenols is 1. The molecule has 0 bridgehead atoms. The smallest absolute Gasteiger partial charge is 0.326 e. The maximum Gasteiger partial charge on any atom is 0.326 e. The minimum Gasteiger partial charge on any atom is -0.508 e. The third kappa shape index (κ3) is 10.1. The van der Waals surface area contributed by atoms with Gasteiger partial charge in [-0.15, -0.1) is 0 Å². The Morgan fingerprint density at radius 1 is 0.973 bits per heavy atom. The molecule has 204 valence electrons. The first-order chi connectivity index (χ1) is 17.6. The van der Waals surface area contributed by atoms with Gasteiger partial charge in [0.05, 0.1) is 12.5 Å². The van der Waals surface area contributed by atoms with E-state index < -0.39 is 60.2 Å². The highest BCUT2D eigenvalue weighted by Gasteiger charge is 2.32. The zero-order valence-corrected chi connectivity index (χ0v) is 20.6. The number of carboxylic acid groups (broad SMARTS) is 1. The maximum absolute atomic E-state index is 13.1. The van der Waals surface area contributed by atoms with Crippen molar-refractivity contribution >= 4 is 29.6 Å². The quantitative estimate of drug-likeness (QED) is 0.122. The number of unbranched alkanes of at least 4 members (excludes halogenated alkanes) is 1. The van der Waals surface area contributed by atoms with Crippen molar-refractivity contribution in [3.8, 4) is 5.75 Å². The first-order valence-electron chi connectivity index (χ1n) is 12.2. The number of benzene rings is 1. The Kier molecular flexibility index (Phi) is 11.8. The van der Waals surface area contributed by atoms with Crippen molar-refractivity contribution in [2.45, 2.75) is 69.1 Å². The molecule has 13 nitrogen and oxygen atoms in total. The average molecular weight is 521 g/mol. The molecule has 0 saturated carbocycles. The van der Waals surface area contributed by atoms with Gasteiger partial charge in [0.25, 0.3) is 0 Å². The zero-order valence-electron chi connectivity index (χ0n) is 20.6. The standard InChI is InChI=1S/C24H36N6O7/c25-10-2-1-4-17(24(36)37)28-22(34)18(12-14-6-8-15(31)9-7-14)29-23(35)19(13-20(26)32)30-21(33)16-5-3-11-27-16/h6-9,16-19,27,31H,1-5,10-13,25H2,(H2,26,32)(H,28,34)(H,29,35)(H,30,33)(H,36,37). The summed E-state index contributed by atoms with van der Waals surface area (Å²) in [5.74, 6) is -4.11. The fourth-order valence-electron chi connectivity index (χ4n) is 3.96. The topological polar surface area (TPSA) is 226 Å². The Morgan fingerprint density at radius 2 is 1.62 bits per heavy atom. The van der Waals surface area contributed by atoms with Gasteiger partial charge in [0.2, 0.25) is 23.6 Å². The molecule has 2 rings (SSSR count). The van der Waals surface area contributed by atoms with Crippen LogP contribution in [-0.4, -0.2) is 77.1 Å². The Morgan fingerprint density at radius 3 is 2.19 bits per heavy atom. The molecular weight excluding hydrogens is 484 g/mol. The minimum absolute atomic E-state index is 0.00406. The number of phenolic OH excluding ortho intramolecular Hbond substituents is 1. The minimum atomic E-state index is -1.33. The zero-order chi connectivity index (χ0) is 27.4. The Labute approximate surface area is 214 Å². The third-order valence-corrected chi connectivity index (χ3v) is 5.99. The fourth-order valence-corrected chi connectivity index (χ4v) is 3.96. The third-order valence-electron chi connectivity index (χ3n) is 5.99. The van der Waals surface area contributed by atoms with Gasteiger partial charge < -0.3 is 42.9 Å². The number of amides is 4. The summed E-state index contributed by atoms with van der Waals surface area (Å²) in [5, 5.41) is 29.6. The molecular formula is C24H36N6O7. The van der Waals surface area contributed by atoms with Crippen molar-refractivity contribution in [2.24, 2.45) is 11.5 Å². The van der Waals surface area contributed by atoms with Crippen LogP contribution in [0.3, 0.4) is 0 Å². The van der Waals surface area contributed by atoms with Crippen LogP contribution in [0.15, 0.2) is 24.3 Å². The van der Waals surface area contributed by atoms with Gasteiger partial charge in [0.1, 0.15) is 23.9 Å². The number of nitrogens with two attached hydrogens (primary N) is 2. The van der Waals surface area contributed by atoms with E-state index in [2.05, 4.69) is 21.3 Å². The van der Waals surface area contributed by atoms with Gasteiger partial charge >= 0.3 is 5.97 Å². The number of carbonyl (C=O) groups excluding carboxylic acids is 4. The molecule has 13 heteroatoms. The van der Waals surface area contributed by atoms with Crippen LogP contribution in [0.2, 0.25) is 0 Å². The lowest BCUT2D eigenvalue weighted by molar-refractivity contribution is -0.142. The van der Waals surface area contributed by atoms with Crippen molar-refractivity contribution in [1.82, 2.24) is 21.3 Å². The van der Waals surface area contributed by atoms with Gasteiger partial charge in [-0.1, -0.05) is 12.1 Å². The van der Waals surface area contributed by atoms with E-state index in [0.717, 1.165) is 6.42 Å². The van der Waals surface area contributed by atoms with E-state index in [-0.39, 0.29) is 18.6 Å². The molecule has 1 aromatic rings. The summed E-state index contributed by atoms with van der Waals surface area (Å²) >= 11 is 0. The lowest BCUT2D eigenvalue weighted by Gasteiger charge is -2.25. The number of carboxylic acids is 1. The summed E-state index contributed by atoms with van der Waals surface area (Å²) in [6.07, 6.45) is 2.03. The molecule has 1 aliphatic heterocycles. The van der Waals surface area contributed by atoms with Crippen molar-refractivity contribution in [1.29, 1.82) is 0 Å². The number of nitrogens with one attached hydrogen (secondary N) is 4. The number of aromatic hydroxyl groups is 1. The molecule has 1 fully saturated rings. The van der Waals surface area contributed by atoms with E-state index in [1.807, 2.05) is 0 Å². The summed E-state index contributed by atoms with van der Waals surface area (Å²) in [6.45, 7) is 1.03. The van der Waals surface area contributed by atoms with Gasteiger partial charge in [0, 0.05) is 6.42 Å². The summed E-state index contributed by atoms with van der Waals surface area (Å²) in [5.41, 5.74) is 11.3.